The molecule has 108 valence electrons. The number of benzene rings is 3. The van der Waals surface area contributed by atoms with Crippen LogP contribution < -0.4 is 0 Å². The molecule has 0 aromatic heterocycles. The topological polar surface area (TPSA) is 0 Å². The maximum absolute atomic E-state index is 3.79. The third-order valence-corrected chi connectivity index (χ3v) is 4.00. The lowest BCUT2D eigenvalue weighted by Gasteiger charge is -2.15. The van der Waals surface area contributed by atoms with Crippen LogP contribution in [0.25, 0.3) is 28.0 Å². The van der Waals surface area contributed by atoms with E-state index in [4.69, 9.17) is 0 Å². The Bertz CT molecular complexity index is 852. The van der Waals surface area contributed by atoms with Crippen LogP contribution in [-0.4, -0.2) is 0 Å². The quantitative estimate of drug-likeness (QED) is 0.493. The standard InChI is InChI=1S/C22H20/c1-4-5-11-20-17(3)15-19-14-16(2)12-13-21(19)22(20)18-9-7-6-8-10-18/h4-15H,1H2,2-3H3/b11-5-. The van der Waals surface area contributed by atoms with Gasteiger partial charge in [0, 0.05) is 0 Å². The second-order valence-corrected chi connectivity index (χ2v) is 5.67. The van der Waals surface area contributed by atoms with Gasteiger partial charge in [0.05, 0.1) is 0 Å². The molecule has 0 radical (unpaired) electrons. The van der Waals surface area contributed by atoms with Crippen molar-refractivity contribution in [2.45, 2.75) is 13.8 Å². The first-order valence-electron chi connectivity index (χ1n) is 7.59. The molecule has 3 aromatic rings. The summed E-state index contributed by atoms with van der Waals surface area (Å²) in [6.07, 6.45) is 5.99. The highest BCUT2D eigenvalue weighted by molar-refractivity contribution is 6.02. The average Bonchev–Trinajstić information content (AvgIpc) is 2.53. The van der Waals surface area contributed by atoms with Gasteiger partial charge in [-0.05, 0) is 46.9 Å². The lowest BCUT2D eigenvalue weighted by molar-refractivity contribution is 1.45. The van der Waals surface area contributed by atoms with Gasteiger partial charge in [0.1, 0.15) is 0 Å². The van der Waals surface area contributed by atoms with E-state index in [1.807, 2.05) is 12.2 Å². The van der Waals surface area contributed by atoms with E-state index >= 15 is 0 Å². The Kier molecular flexibility index (Phi) is 3.93. The van der Waals surface area contributed by atoms with Crippen molar-refractivity contribution < 1.29 is 0 Å². The Morgan fingerprint density at radius 3 is 2.41 bits per heavy atom. The Morgan fingerprint density at radius 2 is 1.68 bits per heavy atom. The fourth-order valence-corrected chi connectivity index (χ4v) is 2.98. The van der Waals surface area contributed by atoms with Gasteiger partial charge < -0.3 is 0 Å². The molecule has 0 unspecified atom stereocenters. The number of aryl methyl sites for hydroxylation is 2. The number of fused-ring (bicyclic) bond motifs is 1. The van der Waals surface area contributed by atoms with Crippen molar-refractivity contribution in [1.82, 2.24) is 0 Å². The second kappa shape index (κ2) is 6.03. The Hall–Kier alpha value is -2.60. The van der Waals surface area contributed by atoms with Gasteiger partial charge in [0.15, 0.2) is 0 Å². The maximum Gasteiger partial charge on any atom is -0.00302 e. The van der Waals surface area contributed by atoms with Gasteiger partial charge in [-0.15, -0.1) is 0 Å². The molecule has 0 heterocycles. The lowest BCUT2D eigenvalue weighted by atomic mass is 9.89. The number of rotatable bonds is 3. The van der Waals surface area contributed by atoms with E-state index in [2.05, 4.69) is 81.1 Å². The highest BCUT2D eigenvalue weighted by Gasteiger charge is 2.11. The van der Waals surface area contributed by atoms with Gasteiger partial charge in [-0.3, -0.25) is 0 Å². The zero-order valence-electron chi connectivity index (χ0n) is 13.1. The zero-order chi connectivity index (χ0) is 15.5. The molecule has 22 heavy (non-hydrogen) atoms. The molecule has 0 heteroatoms. The van der Waals surface area contributed by atoms with Crippen LogP contribution in [0.5, 0.6) is 0 Å². The fraction of sp³-hybridized carbons (Fsp3) is 0.0909. The van der Waals surface area contributed by atoms with Crippen molar-refractivity contribution >= 4 is 16.8 Å². The van der Waals surface area contributed by atoms with Crippen LogP contribution in [0.2, 0.25) is 0 Å². The van der Waals surface area contributed by atoms with Gasteiger partial charge in [0.25, 0.3) is 0 Å². The zero-order valence-corrected chi connectivity index (χ0v) is 13.1. The Morgan fingerprint density at radius 1 is 0.909 bits per heavy atom. The van der Waals surface area contributed by atoms with Gasteiger partial charge in [-0.2, -0.15) is 0 Å². The van der Waals surface area contributed by atoms with Crippen LogP contribution in [0.15, 0.2) is 73.3 Å². The maximum atomic E-state index is 3.79. The van der Waals surface area contributed by atoms with Crippen LogP contribution in [0, 0.1) is 13.8 Å². The predicted molar refractivity (Wildman–Crippen MR) is 98.1 cm³/mol. The molecule has 0 aliphatic rings. The van der Waals surface area contributed by atoms with Crippen molar-refractivity contribution in [1.29, 1.82) is 0 Å². The van der Waals surface area contributed by atoms with Crippen LogP contribution in [0.4, 0.5) is 0 Å². The molecule has 0 N–H and O–H groups in total. The van der Waals surface area contributed by atoms with Crippen molar-refractivity contribution in [2.75, 3.05) is 0 Å². The Labute approximate surface area is 132 Å². The summed E-state index contributed by atoms with van der Waals surface area (Å²) in [5, 5.41) is 2.60. The van der Waals surface area contributed by atoms with Gasteiger partial charge in [-0.1, -0.05) is 85.0 Å². The molecule has 0 spiro atoms. The minimum Gasteiger partial charge on any atom is -0.0991 e. The summed E-state index contributed by atoms with van der Waals surface area (Å²) >= 11 is 0. The molecular formula is C22H20. The van der Waals surface area contributed by atoms with Crippen LogP contribution in [0.3, 0.4) is 0 Å². The van der Waals surface area contributed by atoms with Crippen molar-refractivity contribution in [3.63, 3.8) is 0 Å². The average molecular weight is 284 g/mol. The molecule has 0 fully saturated rings. The van der Waals surface area contributed by atoms with Crippen molar-refractivity contribution in [3.8, 4) is 11.1 Å². The van der Waals surface area contributed by atoms with Crippen LogP contribution in [0.1, 0.15) is 16.7 Å². The number of hydrogen-bond acceptors (Lipinski definition) is 0. The highest BCUT2D eigenvalue weighted by Crippen LogP contribution is 2.35. The van der Waals surface area contributed by atoms with Crippen molar-refractivity contribution in [2.24, 2.45) is 0 Å². The molecular weight excluding hydrogens is 264 g/mol. The van der Waals surface area contributed by atoms with Crippen molar-refractivity contribution in [3.05, 3.63) is 90.0 Å². The summed E-state index contributed by atoms with van der Waals surface area (Å²) in [4.78, 5) is 0. The number of hydrogen-bond donors (Lipinski definition) is 0. The van der Waals surface area contributed by atoms with Crippen LogP contribution >= 0.6 is 0 Å². The first-order chi connectivity index (χ1) is 10.7. The third kappa shape index (κ3) is 2.60. The first-order valence-corrected chi connectivity index (χ1v) is 7.59. The largest absolute Gasteiger partial charge is 0.0991 e. The van der Waals surface area contributed by atoms with Gasteiger partial charge >= 0.3 is 0 Å². The highest BCUT2D eigenvalue weighted by atomic mass is 14.1. The fourth-order valence-electron chi connectivity index (χ4n) is 2.98. The summed E-state index contributed by atoms with van der Waals surface area (Å²) in [6.45, 7) is 8.11. The summed E-state index contributed by atoms with van der Waals surface area (Å²) in [5.41, 5.74) is 6.40. The van der Waals surface area contributed by atoms with Gasteiger partial charge in [-0.25, -0.2) is 0 Å². The van der Waals surface area contributed by atoms with E-state index in [0.29, 0.717) is 0 Å². The number of allylic oxidation sites excluding steroid dienone is 2. The molecule has 0 amide bonds. The Balaban J connectivity index is 2.42. The molecule has 0 saturated carbocycles. The molecule has 3 rings (SSSR count). The minimum atomic E-state index is 1.25. The second-order valence-electron chi connectivity index (χ2n) is 5.67. The summed E-state index contributed by atoms with van der Waals surface area (Å²) in [6, 6.07) is 19.6. The summed E-state index contributed by atoms with van der Waals surface area (Å²) in [7, 11) is 0. The lowest BCUT2D eigenvalue weighted by Crippen LogP contribution is -1.91. The monoisotopic (exact) mass is 284 g/mol. The predicted octanol–water partition coefficient (Wildman–Crippen LogP) is 6.32. The molecule has 0 nitrogen and oxygen atoms in total. The SMILES string of the molecule is C=C/C=C\c1c(C)cc2cc(C)ccc2c1-c1ccccc1. The summed E-state index contributed by atoms with van der Waals surface area (Å²) in [5.74, 6) is 0. The molecule has 0 saturated heterocycles. The van der Waals surface area contributed by atoms with E-state index in [1.54, 1.807) is 0 Å². The molecule has 0 bridgehead atoms. The van der Waals surface area contributed by atoms with Gasteiger partial charge in [0.2, 0.25) is 0 Å². The van der Waals surface area contributed by atoms with E-state index in [1.165, 1.54) is 38.6 Å². The van der Waals surface area contributed by atoms with E-state index in [0.717, 1.165) is 0 Å². The smallest absolute Gasteiger partial charge is 0.00302 e. The molecule has 0 aliphatic heterocycles. The molecule has 0 aliphatic carbocycles. The normalized spacial score (nSPS) is 11.2. The van der Waals surface area contributed by atoms with E-state index in [-0.39, 0.29) is 0 Å². The summed E-state index contributed by atoms with van der Waals surface area (Å²) < 4.78 is 0. The minimum absolute atomic E-state index is 1.25. The van der Waals surface area contributed by atoms with E-state index in [9.17, 15) is 0 Å². The van der Waals surface area contributed by atoms with E-state index < -0.39 is 0 Å². The molecule has 0 atom stereocenters. The third-order valence-electron chi connectivity index (χ3n) is 4.00. The molecule has 3 aromatic carbocycles. The van der Waals surface area contributed by atoms with Crippen LogP contribution in [-0.2, 0) is 0 Å². The first kappa shape index (κ1) is 14.3.